The van der Waals surface area contributed by atoms with E-state index in [1.54, 1.807) is 25.5 Å². The van der Waals surface area contributed by atoms with Gasteiger partial charge in [-0.25, -0.2) is 9.97 Å². The average molecular weight is 407 g/mol. The smallest absolute Gasteiger partial charge is 0.270 e. The van der Waals surface area contributed by atoms with E-state index in [4.69, 9.17) is 4.74 Å². The second kappa shape index (κ2) is 8.03. The van der Waals surface area contributed by atoms with Gasteiger partial charge in [0, 0.05) is 54.3 Å². The number of ether oxygens (including phenoxy) is 1. The first-order valence-electron chi connectivity index (χ1n) is 9.58. The first kappa shape index (κ1) is 19.7. The van der Waals surface area contributed by atoms with Crippen molar-refractivity contribution < 1.29 is 9.66 Å². The van der Waals surface area contributed by atoms with Crippen molar-refractivity contribution in [2.45, 2.75) is 19.4 Å². The SMILES string of the molecule is CC(Nc1cc(=O)n(C)c2ccc([N+](=O)[O-])cc12)c1ncc(C2=CCOCC2)cn1. The zero-order valence-electron chi connectivity index (χ0n) is 16.7. The number of non-ortho nitro benzene ring substituents is 1. The van der Waals surface area contributed by atoms with Crippen molar-refractivity contribution >= 4 is 27.9 Å². The molecule has 0 radical (unpaired) electrons. The standard InChI is InChI=1S/C21H21N5O4/c1-13(21-22-11-15(12-23-21)14-5-7-30-8-6-14)24-18-10-20(27)25(2)19-4-3-16(26(28)29)9-17(18)19/h3-5,9-13,24H,6-8H2,1-2H3. The van der Waals surface area contributed by atoms with Crippen molar-refractivity contribution in [3.05, 3.63) is 74.6 Å². The fourth-order valence-electron chi connectivity index (χ4n) is 3.50. The van der Waals surface area contributed by atoms with Gasteiger partial charge < -0.3 is 14.6 Å². The molecule has 1 unspecified atom stereocenters. The molecule has 0 aliphatic carbocycles. The zero-order chi connectivity index (χ0) is 21.3. The lowest BCUT2D eigenvalue weighted by atomic mass is 10.1. The number of nitrogens with one attached hydrogen (secondary N) is 1. The Labute approximate surface area is 172 Å². The summed E-state index contributed by atoms with van der Waals surface area (Å²) in [7, 11) is 1.64. The fourth-order valence-corrected chi connectivity index (χ4v) is 3.50. The lowest BCUT2D eigenvalue weighted by Crippen LogP contribution is -2.19. The molecular weight excluding hydrogens is 386 g/mol. The number of aromatic nitrogens is 3. The minimum absolute atomic E-state index is 0.0396. The Bertz CT molecular complexity index is 1200. The van der Waals surface area contributed by atoms with Gasteiger partial charge in [-0.2, -0.15) is 0 Å². The van der Waals surface area contributed by atoms with Crippen LogP contribution in [0.3, 0.4) is 0 Å². The molecule has 3 aromatic rings. The summed E-state index contributed by atoms with van der Waals surface area (Å²) < 4.78 is 6.79. The molecule has 0 fully saturated rings. The first-order valence-corrected chi connectivity index (χ1v) is 9.58. The quantitative estimate of drug-likeness (QED) is 0.510. The molecule has 1 N–H and O–H groups in total. The van der Waals surface area contributed by atoms with Gasteiger partial charge in [0.25, 0.3) is 11.2 Å². The van der Waals surface area contributed by atoms with Crippen molar-refractivity contribution in [1.29, 1.82) is 0 Å². The van der Waals surface area contributed by atoms with E-state index in [-0.39, 0.29) is 17.3 Å². The molecule has 0 bridgehead atoms. The number of nitrogens with zero attached hydrogens (tertiary/aromatic N) is 4. The van der Waals surface area contributed by atoms with Gasteiger partial charge >= 0.3 is 0 Å². The minimum atomic E-state index is -0.454. The summed E-state index contributed by atoms with van der Waals surface area (Å²) in [5.41, 5.74) is 2.98. The van der Waals surface area contributed by atoms with Gasteiger partial charge in [-0.3, -0.25) is 14.9 Å². The Hall–Kier alpha value is -3.59. The molecule has 0 saturated heterocycles. The van der Waals surface area contributed by atoms with Crippen molar-refractivity contribution in [3.63, 3.8) is 0 Å². The van der Waals surface area contributed by atoms with Crippen molar-refractivity contribution in [2.75, 3.05) is 18.5 Å². The molecule has 9 heteroatoms. The average Bonchev–Trinajstić information content (AvgIpc) is 2.77. The van der Waals surface area contributed by atoms with Crippen molar-refractivity contribution in [1.82, 2.24) is 14.5 Å². The summed E-state index contributed by atoms with van der Waals surface area (Å²) in [4.78, 5) is 32.0. The van der Waals surface area contributed by atoms with Crippen molar-refractivity contribution in [2.24, 2.45) is 7.05 Å². The second-order valence-corrected chi connectivity index (χ2v) is 7.16. The highest BCUT2D eigenvalue weighted by Gasteiger charge is 2.16. The van der Waals surface area contributed by atoms with Gasteiger partial charge in [-0.1, -0.05) is 6.08 Å². The molecular formula is C21H21N5O4. The summed E-state index contributed by atoms with van der Waals surface area (Å²) >= 11 is 0. The summed E-state index contributed by atoms with van der Waals surface area (Å²) in [5, 5.41) is 15.0. The molecule has 1 aliphatic heterocycles. The summed E-state index contributed by atoms with van der Waals surface area (Å²) in [5.74, 6) is 0.561. The van der Waals surface area contributed by atoms with Crippen LogP contribution in [0.25, 0.3) is 16.5 Å². The van der Waals surface area contributed by atoms with E-state index in [1.165, 1.54) is 28.3 Å². The van der Waals surface area contributed by atoms with E-state index in [2.05, 4.69) is 15.3 Å². The Morgan fingerprint density at radius 1 is 1.27 bits per heavy atom. The molecule has 154 valence electrons. The number of hydrogen-bond donors (Lipinski definition) is 1. The third kappa shape index (κ3) is 3.79. The highest BCUT2D eigenvalue weighted by Crippen LogP contribution is 2.28. The molecule has 1 aliphatic rings. The largest absolute Gasteiger partial charge is 0.377 e. The molecule has 1 atom stereocenters. The van der Waals surface area contributed by atoms with Gasteiger partial charge in [0.05, 0.1) is 29.7 Å². The van der Waals surface area contributed by atoms with Crippen LogP contribution in [0.5, 0.6) is 0 Å². The lowest BCUT2D eigenvalue weighted by molar-refractivity contribution is -0.384. The summed E-state index contributed by atoms with van der Waals surface area (Å²) in [6, 6.07) is 5.56. The number of nitro groups is 1. The van der Waals surface area contributed by atoms with Gasteiger partial charge in [-0.15, -0.1) is 0 Å². The van der Waals surface area contributed by atoms with E-state index >= 15 is 0 Å². The Kier molecular flexibility index (Phi) is 5.28. The van der Waals surface area contributed by atoms with Gasteiger partial charge in [0.2, 0.25) is 0 Å². The van der Waals surface area contributed by atoms with Crippen LogP contribution < -0.4 is 10.9 Å². The first-order chi connectivity index (χ1) is 14.4. The molecule has 1 aromatic carbocycles. The number of aryl methyl sites for hydroxylation is 1. The van der Waals surface area contributed by atoms with Crippen LogP contribution in [-0.2, 0) is 11.8 Å². The van der Waals surface area contributed by atoms with E-state index in [1.807, 2.05) is 13.0 Å². The van der Waals surface area contributed by atoms with Crippen molar-refractivity contribution in [3.8, 4) is 0 Å². The number of rotatable bonds is 5. The number of hydrogen-bond acceptors (Lipinski definition) is 7. The summed E-state index contributed by atoms with van der Waals surface area (Å²) in [6.45, 7) is 3.16. The van der Waals surface area contributed by atoms with Gasteiger partial charge in [-0.05, 0) is 25.0 Å². The van der Waals surface area contributed by atoms with Crippen LogP contribution in [0.4, 0.5) is 11.4 Å². The minimum Gasteiger partial charge on any atom is -0.377 e. The van der Waals surface area contributed by atoms with Gasteiger partial charge in [0.1, 0.15) is 5.82 Å². The van der Waals surface area contributed by atoms with Crippen LogP contribution in [-0.4, -0.2) is 32.7 Å². The molecule has 9 nitrogen and oxygen atoms in total. The molecule has 0 spiro atoms. The monoisotopic (exact) mass is 407 g/mol. The zero-order valence-corrected chi connectivity index (χ0v) is 16.7. The van der Waals surface area contributed by atoms with Crippen LogP contribution in [0.15, 0.2) is 47.5 Å². The number of anilines is 1. The predicted molar refractivity (Wildman–Crippen MR) is 113 cm³/mol. The predicted octanol–water partition coefficient (Wildman–Crippen LogP) is 3.21. The van der Waals surface area contributed by atoms with Crippen LogP contribution in [0.2, 0.25) is 0 Å². The third-order valence-electron chi connectivity index (χ3n) is 5.21. The van der Waals surface area contributed by atoms with Crippen LogP contribution in [0.1, 0.15) is 30.8 Å². The highest BCUT2D eigenvalue weighted by molar-refractivity contribution is 5.93. The van der Waals surface area contributed by atoms with E-state index in [0.717, 1.165) is 12.0 Å². The lowest BCUT2D eigenvalue weighted by Gasteiger charge is -2.18. The number of fused-ring (bicyclic) bond motifs is 1. The van der Waals surface area contributed by atoms with E-state index in [0.29, 0.717) is 35.6 Å². The molecule has 0 amide bonds. The van der Waals surface area contributed by atoms with E-state index in [9.17, 15) is 14.9 Å². The number of benzene rings is 1. The summed E-state index contributed by atoms with van der Waals surface area (Å²) in [6.07, 6.45) is 6.42. The number of nitro benzene ring substituents is 1. The highest BCUT2D eigenvalue weighted by atomic mass is 16.6. The molecule has 4 rings (SSSR count). The number of pyridine rings is 1. The van der Waals surface area contributed by atoms with Crippen LogP contribution in [0, 0.1) is 10.1 Å². The Balaban J connectivity index is 1.65. The van der Waals surface area contributed by atoms with Gasteiger partial charge in [0.15, 0.2) is 0 Å². The topological polar surface area (TPSA) is 112 Å². The maximum absolute atomic E-state index is 12.4. The fraction of sp³-hybridized carbons (Fsp3) is 0.286. The molecule has 30 heavy (non-hydrogen) atoms. The molecule has 0 saturated carbocycles. The maximum atomic E-state index is 12.4. The normalized spacial score (nSPS) is 14.9. The maximum Gasteiger partial charge on any atom is 0.270 e. The second-order valence-electron chi connectivity index (χ2n) is 7.16. The van der Waals surface area contributed by atoms with E-state index < -0.39 is 4.92 Å². The molecule has 2 aromatic heterocycles. The Morgan fingerprint density at radius 2 is 2.03 bits per heavy atom. The van der Waals surface area contributed by atoms with Crippen LogP contribution >= 0.6 is 0 Å². The Morgan fingerprint density at radius 3 is 2.70 bits per heavy atom. The molecule has 3 heterocycles. The third-order valence-corrected chi connectivity index (χ3v) is 5.21.